The molecule has 0 saturated heterocycles. The van der Waals surface area contributed by atoms with Gasteiger partial charge in [0, 0.05) is 18.0 Å². The van der Waals surface area contributed by atoms with Crippen LogP contribution in [0.25, 0.3) is 11.3 Å². The van der Waals surface area contributed by atoms with Crippen molar-refractivity contribution >= 4 is 17.4 Å². The highest BCUT2D eigenvalue weighted by atomic mass is 32.2. The van der Waals surface area contributed by atoms with Gasteiger partial charge in [-0.3, -0.25) is 9.20 Å². The van der Waals surface area contributed by atoms with E-state index in [1.807, 2.05) is 48.5 Å². The number of hydrogen-bond acceptors (Lipinski definition) is 5. The second-order valence-corrected chi connectivity index (χ2v) is 6.05. The van der Waals surface area contributed by atoms with Gasteiger partial charge in [0.1, 0.15) is 12.0 Å². The van der Waals surface area contributed by atoms with Crippen LogP contribution in [0.15, 0.2) is 77.1 Å². The van der Waals surface area contributed by atoms with Crippen molar-refractivity contribution in [1.82, 2.24) is 24.1 Å². The van der Waals surface area contributed by atoms with Gasteiger partial charge < -0.3 is 0 Å². The average molecular weight is 335 g/mol. The van der Waals surface area contributed by atoms with Gasteiger partial charge in [0.15, 0.2) is 0 Å². The monoisotopic (exact) mass is 335 g/mol. The summed E-state index contributed by atoms with van der Waals surface area (Å²) >= 11 is 1.45. The Morgan fingerprint density at radius 1 is 1.04 bits per heavy atom. The lowest BCUT2D eigenvalue weighted by molar-refractivity contribution is 0.834. The highest BCUT2D eigenvalue weighted by Gasteiger charge is 2.06. The zero-order valence-electron chi connectivity index (χ0n) is 12.6. The molecule has 0 atom stereocenters. The minimum atomic E-state index is -0.0843. The van der Waals surface area contributed by atoms with Crippen molar-refractivity contribution in [2.45, 2.75) is 10.9 Å². The molecule has 0 radical (unpaired) electrons. The highest BCUT2D eigenvalue weighted by molar-refractivity contribution is 7.98. The van der Waals surface area contributed by atoms with Crippen molar-refractivity contribution < 1.29 is 0 Å². The van der Waals surface area contributed by atoms with E-state index in [-0.39, 0.29) is 5.56 Å². The van der Waals surface area contributed by atoms with Crippen LogP contribution >= 0.6 is 11.8 Å². The SMILES string of the molecule is O=c1cc(CSc2ncn(-c3ccccc3)n2)nc2ccccn12. The van der Waals surface area contributed by atoms with Crippen LogP contribution in [0.3, 0.4) is 0 Å². The molecule has 0 fully saturated rings. The molecule has 0 amide bonds. The normalized spacial score (nSPS) is 11.0. The lowest BCUT2D eigenvalue weighted by Gasteiger charge is -2.02. The summed E-state index contributed by atoms with van der Waals surface area (Å²) in [5.41, 5.74) is 2.23. The van der Waals surface area contributed by atoms with Crippen molar-refractivity contribution in [3.05, 3.63) is 83.2 Å². The van der Waals surface area contributed by atoms with Crippen LogP contribution in [0.5, 0.6) is 0 Å². The minimum Gasteiger partial charge on any atom is -0.269 e. The number of para-hydroxylation sites is 1. The first kappa shape index (κ1) is 14.6. The fraction of sp³-hybridized carbons (Fsp3) is 0.0588. The van der Waals surface area contributed by atoms with Gasteiger partial charge in [-0.2, -0.15) is 0 Å². The smallest absolute Gasteiger partial charge is 0.258 e. The number of rotatable bonds is 4. The van der Waals surface area contributed by atoms with E-state index in [4.69, 9.17) is 0 Å². The van der Waals surface area contributed by atoms with Crippen LogP contribution in [0.4, 0.5) is 0 Å². The largest absolute Gasteiger partial charge is 0.269 e. The number of nitrogens with zero attached hydrogens (tertiary/aromatic N) is 5. The number of aromatic nitrogens is 5. The second kappa shape index (κ2) is 6.29. The molecular weight excluding hydrogens is 322 g/mol. The van der Waals surface area contributed by atoms with Crippen LogP contribution in [-0.4, -0.2) is 24.1 Å². The van der Waals surface area contributed by atoms with Gasteiger partial charge in [-0.1, -0.05) is 36.0 Å². The number of pyridine rings is 1. The van der Waals surface area contributed by atoms with Crippen LogP contribution in [-0.2, 0) is 5.75 Å². The van der Waals surface area contributed by atoms with Gasteiger partial charge in [-0.15, -0.1) is 5.10 Å². The summed E-state index contributed by atoms with van der Waals surface area (Å²) in [7, 11) is 0. The molecule has 0 bridgehead atoms. The molecule has 0 N–H and O–H groups in total. The van der Waals surface area contributed by atoms with Crippen LogP contribution < -0.4 is 5.56 Å². The number of hydrogen-bond donors (Lipinski definition) is 0. The molecular formula is C17H13N5OS. The summed E-state index contributed by atoms with van der Waals surface area (Å²) < 4.78 is 3.25. The van der Waals surface area contributed by atoms with Crippen LogP contribution in [0, 0.1) is 0 Å². The van der Waals surface area contributed by atoms with Crippen molar-refractivity contribution in [3.63, 3.8) is 0 Å². The maximum absolute atomic E-state index is 12.1. The van der Waals surface area contributed by atoms with E-state index in [1.165, 1.54) is 16.2 Å². The third kappa shape index (κ3) is 2.93. The molecule has 0 unspecified atom stereocenters. The highest BCUT2D eigenvalue weighted by Crippen LogP contribution is 2.18. The third-order valence-corrected chi connectivity index (χ3v) is 4.35. The molecule has 3 aromatic heterocycles. The third-order valence-electron chi connectivity index (χ3n) is 3.46. The Kier molecular flexibility index (Phi) is 3.84. The second-order valence-electron chi connectivity index (χ2n) is 5.11. The molecule has 0 aliphatic carbocycles. The van der Waals surface area contributed by atoms with Crippen molar-refractivity contribution in [2.24, 2.45) is 0 Å². The van der Waals surface area contributed by atoms with E-state index in [9.17, 15) is 4.79 Å². The first-order chi connectivity index (χ1) is 11.8. The molecule has 0 aliphatic heterocycles. The van der Waals surface area contributed by atoms with E-state index >= 15 is 0 Å². The molecule has 118 valence electrons. The van der Waals surface area contributed by atoms with Crippen LogP contribution in [0.1, 0.15) is 5.69 Å². The Labute approximate surface area is 141 Å². The van der Waals surface area contributed by atoms with Gasteiger partial charge in [-0.05, 0) is 24.3 Å². The van der Waals surface area contributed by atoms with E-state index in [0.29, 0.717) is 22.3 Å². The van der Waals surface area contributed by atoms with Crippen molar-refractivity contribution in [1.29, 1.82) is 0 Å². The molecule has 24 heavy (non-hydrogen) atoms. The molecule has 1 aromatic carbocycles. The summed E-state index contributed by atoms with van der Waals surface area (Å²) in [4.78, 5) is 20.9. The molecule has 3 heterocycles. The molecule has 6 nitrogen and oxygen atoms in total. The molecule has 4 rings (SSSR count). The predicted molar refractivity (Wildman–Crippen MR) is 92.4 cm³/mol. The van der Waals surface area contributed by atoms with E-state index < -0.39 is 0 Å². The predicted octanol–water partition coefficient (Wildman–Crippen LogP) is 2.57. The van der Waals surface area contributed by atoms with Gasteiger partial charge in [0.25, 0.3) is 5.56 Å². The standard InChI is InChI=1S/C17H13N5OS/c23-16-10-13(19-15-8-4-5-9-21(15)16)11-24-17-18-12-22(20-17)14-6-2-1-3-7-14/h1-10,12H,11H2. The summed E-state index contributed by atoms with van der Waals surface area (Å²) in [6, 6.07) is 16.8. The Balaban J connectivity index is 1.53. The minimum absolute atomic E-state index is 0.0843. The first-order valence-corrected chi connectivity index (χ1v) is 8.35. The average Bonchev–Trinajstić information content (AvgIpc) is 3.10. The zero-order valence-corrected chi connectivity index (χ0v) is 13.4. The lowest BCUT2D eigenvalue weighted by Crippen LogP contribution is -2.14. The maximum Gasteiger partial charge on any atom is 0.258 e. The summed E-state index contributed by atoms with van der Waals surface area (Å²) in [5, 5.41) is 5.08. The van der Waals surface area contributed by atoms with Gasteiger partial charge in [-0.25, -0.2) is 14.6 Å². The number of fused-ring (bicyclic) bond motifs is 1. The number of thioether (sulfide) groups is 1. The summed E-state index contributed by atoms with van der Waals surface area (Å²) in [5.74, 6) is 0.541. The first-order valence-electron chi connectivity index (χ1n) is 7.37. The van der Waals surface area contributed by atoms with Crippen molar-refractivity contribution in [2.75, 3.05) is 0 Å². The molecule has 4 aromatic rings. The molecule has 0 spiro atoms. The van der Waals surface area contributed by atoms with Crippen LogP contribution in [0.2, 0.25) is 0 Å². The van der Waals surface area contributed by atoms with Gasteiger partial charge >= 0.3 is 0 Å². The molecule has 0 aliphatic rings. The fourth-order valence-corrected chi connectivity index (χ4v) is 3.03. The van der Waals surface area contributed by atoms with Crippen molar-refractivity contribution in [3.8, 4) is 5.69 Å². The Hall–Kier alpha value is -2.93. The molecule has 7 heteroatoms. The van der Waals surface area contributed by atoms with Gasteiger partial charge in [0.2, 0.25) is 5.16 Å². The summed E-state index contributed by atoms with van der Waals surface area (Å²) in [6.45, 7) is 0. The topological polar surface area (TPSA) is 65.1 Å². The fourth-order valence-electron chi connectivity index (χ4n) is 2.33. The quantitative estimate of drug-likeness (QED) is 0.536. The van der Waals surface area contributed by atoms with E-state index in [0.717, 1.165) is 5.69 Å². The Morgan fingerprint density at radius 3 is 2.75 bits per heavy atom. The van der Waals surface area contributed by atoms with E-state index in [1.54, 1.807) is 23.3 Å². The van der Waals surface area contributed by atoms with Gasteiger partial charge in [0.05, 0.1) is 11.4 Å². The van der Waals surface area contributed by atoms with E-state index in [2.05, 4.69) is 15.1 Å². The Morgan fingerprint density at radius 2 is 1.88 bits per heavy atom. The lowest BCUT2D eigenvalue weighted by atomic mass is 10.3. The molecule has 0 saturated carbocycles. The zero-order chi connectivity index (χ0) is 16.4. The maximum atomic E-state index is 12.1. The summed E-state index contributed by atoms with van der Waals surface area (Å²) in [6.07, 6.45) is 3.39. The Bertz CT molecular complexity index is 1040. The number of benzene rings is 1.